The van der Waals surface area contributed by atoms with Crippen LogP contribution in [0.5, 0.6) is 0 Å². The zero-order valence-corrected chi connectivity index (χ0v) is 23.7. The molecule has 2 unspecified atom stereocenters. The highest BCUT2D eigenvalue weighted by atomic mass is 16.5. The fourth-order valence-electron chi connectivity index (χ4n) is 6.24. The van der Waals surface area contributed by atoms with Crippen LogP contribution in [0.1, 0.15) is 37.5 Å². The molecule has 3 aliphatic rings. The lowest BCUT2D eigenvalue weighted by atomic mass is 9.69. The smallest absolute Gasteiger partial charge is 0.160 e. The van der Waals surface area contributed by atoms with Crippen LogP contribution < -0.4 is 0 Å². The monoisotopic (exact) mass is 546 g/mol. The first-order chi connectivity index (χ1) is 20.0. The number of benzene rings is 1. The lowest BCUT2D eigenvalue weighted by Crippen LogP contribution is -2.41. The summed E-state index contributed by atoms with van der Waals surface area (Å²) < 4.78 is 7.85. The summed E-state index contributed by atoms with van der Waals surface area (Å²) in [4.78, 5) is 21.5. The molecule has 0 radical (unpaired) electrons. The van der Waals surface area contributed by atoms with E-state index in [0.29, 0.717) is 12.2 Å². The molecule has 7 rings (SSSR count). The molecule has 1 fully saturated rings. The Morgan fingerprint density at radius 3 is 2.88 bits per heavy atom. The fraction of sp³-hybridized carbons (Fsp3) is 0.344. The van der Waals surface area contributed by atoms with Crippen LogP contribution in [0.25, 0.3) is 22.4 Å². The second kappa shape index (κ2) is 10.3. The second-order valence-corrected chi connectivity index (χ2v) is 11.0. The summed E-state index contributed by atoms with van der Waals surface area (Å²) in [5, 5.41) is 8.06. The minimum atomic E-state index is -0.673. The molecule has 0 amide bonds. The average molecular weight is 547 g/mol. The van der Waals surface area contributed by atoms with E-state index in [0.717, 1.165) is 72.2 Å². The van der Waals surface area contributed by atoms with E-state index in [1.54, 1.807) is 6.20 Å². The van der Waals surface area contributed by atoms with Gasteiger partial charge in [0.25, 0.3) is 0 Å². The van der Waals surface area contributed by atoms with Crippen molar-refractivity contribution in [3.63, 3.8) is 0 Å². The first kappa shape index (κ1) is 25.7. The Morgan fingerprint density at radius 2 is 2.02 bits per heavy atom. The molecule has 3 aromatic heterocycles. The molecule has 9 heteroatoms. The third-order valence-electron chi connectivity index (χ3n) is 8.31. The molecule has 1 aromatic carbocycles. The van der Waals surface area contributed by atoms with Gasteiger partial charge in [0.2, 0.25) is 0 Å². The largest absolute Gasteiger partial charge is 0.376 e. The molecule has 208 valence electrons. The van der Waals surface area contributed by atoms with Crippen LogP contribution >= 0.6 is 0 Å². The summed E-state index contributed by atoms with van der Waals surface area (Å²) >= 11 is 0. The van der Waals surface area contributed by atoms with E-state index < -0.39 is 5.41 Å². The van der Waals surface area contributed by atoms with Gasteiger partial charge in [-0.2, -0.15) is 5.10 Å². The number of fused-ring (bicyclic) bond motifs is 2. The van der Waals surface area contributed by atoms with E-state index >= 15 is 0 Å². The lowest BCUT2D eigenvalue weighted by Gasteiger charge is -2.38. The zero-order chi connectivity index (χ0) is 28.0. The van der Waals surface area contributed by atoms with Crippen molar-refractivity contribution in [1.82, 2.24) is 29.4 Å². The van der Waals surface area contributed by atoms with Gasteiger partial charge in [-0.3, -0.25) is 4.90 Å². The number of aromatic nitrogens is 4. The average Bonchev–Trinajstić information content (AvgIpc) is 3.66. The standard InChI is InChI=1S/C32H34N8O/c1-4-38-20-29(35-21-38)28-16-27(26-9-6-10-34-31(26)36-28)32(17-30-33-11-12-40(30)37-23(32)3)25-8-5-7-24(15-25)19-39-13-14-41-22(2)18-39/h5-11,15-17,20-22H,4,12-14,18-19H2,1-3H3. The van der Waals surface area contributed by atoms with Crippen molar-refractivity contribution >= 4 is 23.0 Å². The molecule has 2 atom stereocenters. The molecular formula is C32H34N8O. The Balaban J connectivity index is 1.44. The van der Waals surface area contributed by atoms with Gasteiger partial charge in [0.1, 0.15) is 11.5 Å². The number of allylic oxidation sites excluding steroid dienone is 1. The van der Waals surface area contributed by atoms with Crippen LogP contribution in [0.3, 0.4) is 0 Å². The number of imidazole rings is 1. The number of hydrogen-bond acceptors (Lipinski definition) is 8. The van der Waals surface area contributed by atoms with Crippen molar-refractivity contribution in [2.45, 2.75) is 45.4 Å². The van der Waals surface area contributed by atoms with Gasteiger partial charge in [0.15, 0.2) is 5.65 Å². The van der Waals surface area contributed by atoms with Gasteiger partial charge >= 0.3 is 0 Å². The van der Waals surface area contributed by atoms with Gasteiger partial charge in [-0.25, -0.2) is 25.0 Å². The predicted molar refractivity (Wildman–Crippen MR) is 161 cm³/mol. The van der Waals surface area contributed by atoms with E-state index in [-0.39, 0.29) is 6.10 Å². The van der Waals surface area contributed by atoms with Crippen molar-refractivity contribution in [3.8, 4) is 11.4 Å². The highest BCUT2D eigenvalue weighted by molar-refractivity contribution is 6.03. The summed E-state index contributed by atoms with van der Waals surface area (Å²) in [6.45, 7) is 11.4. The maximum Gasteiger partial charge on any atom is 0.160 e. The van der Waals surface area contributed by atoms with Crippen molar-refractivity contribution in [1.29, 1.82) is 0 Å². The summed E-state index contributed by atoms with van der Waals surface area (Å²) in [6, 6.07) is 15.2. The normalized spacial score (nSPS) is 22.6. The number of morpholine rings is 1. The minimum absolute atomic E-state index is 0.243. The molecule has 0 spiro atoms. The van der Waals surface area contributed by atoms with Crippen molar-refractivity contribution < 1.29 is 4.74 Å². The van der Waals surface area contributed by atoms with Crippen molar-refractivity contribution in [2.24, 2.45) is 10.1 Å². The number of hydrazone groups is 1. The van der Waals surface area contributed by atoms with E-state index in [2.05, 4.69) is 77.7 Å². The second-order valence-electron chi connectivity index (χ2n) is 11.0. The van der Waals surface area contributed by atoms with Crippen molar-refractivity contribution in [3.05, 3.63) is 89.8 Å². The molecule has 4 aromatic rings. The van der Waals surface area contributed by atoms with E-state index in [1.165, 1.54) is 5.56 Å². The molecule has 9 nitrogen and oxygen atoms in total. The minimum Gasteiger partial charge on any atom is -0.376 e. The molecule has 41 heavy (non-hydrogen) atoms. The predicted octanol–water partition coefficient (Wildman–Crippen LogP) is 4.64. The van der Waals surface area contributed by atoms with Gasteiger partial charge < -0.3 is 9.30 Å². The Labute approximate surface area is 239 Å². The molecule has 0 aliphatic carbocycles. The van der Waals surface area contributed by atoms with Crippen LogP contribution in [-0.4, -0.2) is 73.7 Å². The quantitative estimate of drug-likeness (QED) is 0.351. The van der Waals surface area contributed by atoms with E-state index in [4.69, 9.17) is 24.8 Å². The lowest BCUT2D eigenvalue weighted by molar-refractivity contribution is -0.0212. The summed E-state index contributed by atoms with van der Waals surface area (Å²) in [5.41, 5.74) is 6.09. The Morgan fingerprint density at radius 1 is 1.10 bits per heavy atom. The Kier molecular flexibility index (Phi) is 6.48. The molecular weight excluding hydrogens is 512 g/mol. The van der Waals surface area contributed by atoms with Crippen LogP contribution in [-0.2, 0) is 23.2 Å². The number of hydrogen-bond donors (Lipinski definition) is 0. The Hall–Kier alpha value is -4.21. The van der Waals surface area contributed by atoms with E-state index in [1.807, 2.05) is 29.8 Å². The SMILES string of the molecule is CCn1cnc(-c2cc(C3(c4cccc(CN5CCOC(C)C5)c4)C=C4N=CCN4N=C3C)c3cccnc3n2)c1. The Bertz CT molecular complexity index is 1700. The van der Waals surface area contributed by atoms with Crippen LogP contribution in [0.2, 0.25) is 0 Å². The number of nitrogens with zero attached hydrogens (tertiary/aromatic N) is 8. The third kappa shape index (κ3) is 4.55. The van der Waals surface area contributed by atoms with Gasteiger partial charge in [0, 0.05) is 50.2 Å². The highest BCUT2D eigenvalue weighted by Crippen LogP contribution is 2.44. The first-order valence-electron chi connectivity index (χ1n) is 14.3. The van der Waals surface area contributed by atoms with Gasteiger partial charge in [-0.15, -0.1) is 0 Å². The topological polar surface area (TPSA) is 84.0 Å². The molecule has 1 saturated heterocycles. The fourth-order valence-corrected chi connectivity index (χ4v) is 6.24. The molecule has 6 heterocycles. The zero-order valence-electron chi connectivity index (χ0n) is 23.7. The number of ether oxygens (including phenoxy) is 1. The summed E-state index contributed by atoms with van der Waals surface area (Å²) in [6.07, 6.45) is 10.1. The van der Waals surface area contributed by atoms with Gasteiger partial charge in [-0.1, -0.05) is 24.3 Å². The van der Waals surface area contributed by atoms with Crippen LogP contribution in [0.4, 0.5) is 0 Å². The molecule has 0 N–H and O–H groups in total. The molecule has 3 aliphatic heterocycles. The van der Waals surface area contributed by atoms with Gasteiger partial charge in [-0.05, 0) is 61.7 Å². The molecule has 0 bridgehead atoms. The first-order valence-corrected chi connectivity index (χ1v) is 14.3. The maximum absolute atomic E-state index is 5.79. The van der Waals surface area contributed by atoms with Crippen LogP contribution in [0, 0.1) is 0 Å². The summed E-state index contributed by atoms with van der Waals surface area (Å²) in [5.74, 6) is 0.855. The highest BCUT2D eigenvalue weighted by Gasteiger charge is 2.42. The molecule has 0 saturated carbocycles. The maximum atomic E-state index is 5.79. The number of aryl methyl sites for hydroxylation is 1. The summed E-state index contributed by atoms with van der Waals surface area (Å²) in [7, 11) is 0. The van der Waals surface area contributed by atoms with Crippen LogP contribution in [0.15, 0.2) is 83.2 Å². The van der Waals surface area contributed by atoms with Gasteiger partial charge in [0.05, 0.1) is 42.4 Å². The number of rotatable bonds is 6. The van der Waals surface area contributed by atoms with Crippen molar-refractivity contribution in [2.75, 3.05) is 26.2 Å². The van der Waals surface area contributed by atoms with E-state index in [9.17, 15) is 0 Å². The number of aliphatic imine (C=N–C) groups is 1. The third-order valence-corrected chi connectivity index (χ3v) is 8.31. The number of pyridine rings is 2.